The van der Waals surface area contributed by atoms with Crippen LogP contribution in [0.3, 0.4) is 0 Å². The molecule has 1 atom stereocenters. The van der Waals surface area contributed by atoms with Crippen LogP contribution in [0.15, 0.2) is 36.9 Å². The molecular weight excluding hydrogens is 232 g/mol. The Kier molecular flexibility index (Phi) is 5.14. The van der Waals surface area contributed by atoms with Crippen molar-refractivity contribution in [3.05, 3.63) is 48.1 Å². The molecule has 0 saturated heterocycles. The van der Waals surface area contributed by atoms with Gasteiger partial charge in [-0.2, -0.15) is 0 Å². The molecule has 0 amide bonds. The minimum Gasteiger partial charge on any atom is -0.508 e. The third-order valence-electron chi connectivity index (χ3n) is 2.47. The third kappa shape index (κ3) is 4.07. The number of hydrogen-bond acceptors (Lipinski definition) is 3. The quantitative estimate of drug-likeness (QED) is 0.531. The maximum atomic E-state index is 10.5. The van der Waals surface area contributed by atoms with E-state index >= 15 is 0 Å². The Morgan fingerprint density at radius 3 is 2.78 bits per heavy atom. The topological polar surface area (TPSA) is 77.8 Å². The fourth-order valence-corrected chi connectivity index (χ4v) is 1.64. The number of aliphatic hydroxyl groups is 1. The summed E-state index contributed by atoms with van der Waals surface area (Å²) in [6.07, 6.45) is 4.01. The number of aromatic hydroxyl groups is 1. The molecular formula is C14H16O4. The zero-order valence-electron chi connectivity index (χ0n) is 9.91. The lowest BCUT2D eigenvalue weighted by molar-refractivity contribution is -0.131. The Morgan fingerprint density at radius 2 is 2.17 bits per heavy atom. The standard InChI is InChI=1S/C14H16O4/c1-2-4-11(15)9-12-10(7-8-14(17)18)5-3-6-13(12)16/h2-3,5-8,11,15-16H,1,4,9H2,(H,17,18)/b8-7+/t11-/m0/s1. The Bertz CT molecular complexity index is 463. The second-order valence-electron chi connectivity index (χ2n) is 3.90. The van der Waals surface area contributed by atoms with Crippen molar-refractivity contribution in [3.8, 4) is 5.75 Å². The fourth-order valence-electron chi connectivity index (χ4n) is 1.64. The number of benzene rings is 1. The molecule has 1 aromatic carbocycles. The van der Waals surface area contributed by atoms with E-state index in [1.54, 1.807) is 18.2 Å². The number of rotatable bonds is 6. The maximum Gasteiger partial charge on any atom is 0.328 e. The Morgan fingerprint density at radius 1 is 1.44 bits per heavy atom. The normalized spacial score (nSPS) is 12.5. The molecule has 0 saturated carbocycles. The lowest BCUT2D eigenvalue weighted by atomic mass is 9.98. The molecule has 0 unspecified atom stereocenters. The van der Waals surface area contributed by atoms with Crippen molar-refractivity contribution in [3.63, 3.8) is 0 Å². The number of carboxylic acid groups (broad SMARTS) is 1. The van der Waals surface area contributed by atoms with Gasteiger partial charge in [0.1, 0.15) is 5.75 Å². The summed E-state index contributed by atoms with van der Waals surface area (Å²) in [4.78, 5) is 10.5. The first-order valence-electron chi connectivity index (χ1n) is 5.55. The monoisotopic (exact) mass is 248 g/mol. The zero-order chi connectivity index (χ0) is 13.5. The van der Waals surface area contributed by atoms with Crippen LogP contribution < -0.4 is 0 Å². The van der Waals surface area contributed by atoms with Crippen LogP contribution in [-0.4, -0.2) is 27.4 Å². The predicted octanol–water partition coefficient (Wildman–Crippen LogP) is 1.97. The molecule has 0 aromatic heterocycles. The van der Waals surface area contributed by atoms with Gasteiger partial charge >= 0.3 is 5.97 Å². The van der Waals surface area contributed by atoms with E-state index in [9.17, 15) is 15.0 Å². The van der Waals surface area contributed by atoms with Crippen molar-refractivity contribution in [1.29, 1.82) is 0 Å². The van der Waals surface area contributed by atoms with Crippen LogP contribution in [0.4, 0.5) is 0 Å². The lowest BCUT2D eigenvalue weighted by Gasteiger charge is -2.12. The van der Waals surface area contributed by atoms with Gasteiger partial charge in [0, 0.05) is 18.1 Å². The average Bonchev–Trinajstić information content (AvgIpc) is 2.30. The van der Waals surface area contributed by atoms with Gasteiger partial charge in [-0.05, 0) is 24.1 Å². The van der Waals surface area contributed by atoms with Gasteiger partial charge in [0.15, 0.2) is 0 Å². The molecule has 18 heavy (non-hydrogen) atoms. The summed E-state index contributed by atoms with van der Waals surface area (Å²) in [6, 6.07) is 4.82. The highest BCUT2D eigenvalue weighted by Gasteiger charge is 2.11. The van der Waals surface area contributed by atoms with Crippen LogP contribution in [0.1, 0.15) is 17.5 Å². The molecule has 0 heterocycles. The molecule has 4 nitrogen and oxygen atoms in total. The van der Waals surface area contributed by atoms with Gasteiger partial charge in [-0.1, -0.05) is 18.2 Å². The highest BCUT2D eigenvalue weighted by Crippen LogP contribution is 2.24. The average molecular weight is 248 g/mol. The van der Waals surface area contributed by atoms with Crippen molar-refractivity contribution in [2.45, 2.75) is 18.9 Å². The minimum absolute atomic E-state index is 0.0469. The summed E-state index contributed by atoms with van der Waals surface area (Å²) in [5.41, 5.74) is 1.12. The molecule has 0 spiro atoms. The molecule has 0 bridgehead atoms. The van der Waals surface area contributed by atoms with Gasteiger partial charge in [0.2, 0.25) is 0 Å². The van der Waals surface area contributed by atoms with E-state index in [0.29, 0.717) is 17.5 Å². The molecule has 1 rings (SSSR count). The molecule has 0 aliphatic rings. The summed E-state index contributed by atoms with van der Waals surface area (Å²) < 4.78 is 0. The van der Waals surface area contributed by atoms with Gasteiger partial charge in [-0.25, -0.2) is 4.79 Å². The largest absolute Gasteiger partial charge is 0.508 e. The van der Waals surface area contributed by atoms with Crippen LogP contribution in [0.5, 0.6) is 5.75 Å². The van der Waals surface area contributed by atoms with Gasteiger partial charge in [-0.3, -0.25) is 0 Å². The van der Waals surface area contributed by atoms with Crippen LogP contribution in [0.25, 0.3) is 6.08 Å². The summed E-state index contributed by atoms with van der Waals surface area (Å²) in [5, 5.41) is 28.1. The maximum absolute atomic E-state index is 10.5. The molecule has 0 radical (unpaired) electrons. The fraction of sp³-hybridized carbons (Fsp3) is 0.214. The Balaban J connectivity index is 3.00. The molecule has 1 aromatic rings. The third-order valence-corrected chi connectivity index (χ3v) is 2.47. The van der Waals surface area contributed by atoms with Crippen molar-refractivity contribution in [2.24, 2.45) is 0 Å². The summed E-state index contributed by atoms with van der Waals surface area (Å²) in [6.45, 7) is 3.53. The van der Waals surface area contributed by atoms with Crippen LogP contribution in [0, 0.1) is 0 Å². The molecule has 0 fully saturated rings. The molecule has 4 heteroatoms. The SMILES string of the molecule is C=CC[C@H](O)Cc1c(O)cccc1/C=C/C(=O)O. The lowest BCUT2D eigenvalue weighted by Crippen LogP contribution is -2.10. The van der Waals surface area contributed by atoms with Crippen molar-refractivity contribution >= 4 is 12.0 Å². The first-order chi connectivity index (χ1) is 8.54. The predicted molar refractivity (Wildman–Crippen MR) is 69.3 cm³/mol. The van der Waals surface area contributed by atoms with E-state index in [-0.39, 0.29) is 12.2 Å². The first kappa shape index (κ1) is 14.0. The van der Waals surface area contributed by atoms with E-state index in [2.05, 4.69) is 6.58 Å². The zero-order valence-corrected chi connectivity index (χ0v) is 9.91. The minimum atomic E-state index is -1.06. The molecule has 96 valence electrons. The highest BCUT2D eigenvalue weighted by molar-refractivity contribution is 5.85. The van der Waals surface area contributed by atoms with Crippen LogP contribution in [0.2, 0.25) is 0 Å². The first-order valence-corrected chi connectivity index (χ1v) is 5.55. The van der Waals surface area contributed by atoms with E-state index in [0.717, 1.165) is 6.08 Å². The van der Waals surface area contributed by atoms with Gasteiger partial charge in [0.05, 0.1) is 6.10 Å². The number of hydrogen-bond donors (Lipinski definition) is 3. The number of aliphatic carboxylic acids is 1. The van der Waals surface area contributed by atoms with Crippen LogP contribution >= 0.6 is 0 Å². The number of carbonyl (C=O) groups is 1. The van der Waals surface area contributed by atoms with E-state index < -0.39 is 12.1 Å². The van der Waals surface area contributed by atoms with Gasteiger partial charge in [-0.15, -0.1) is 6.58 Å². The highest BCUT2D eigenvalue weighted by atomic mass is 16.4. The second-order valence-corrected chi connectivity index (χ2v) is 3.90. The van der Waals surface area contributed by atoms with Gasteiger partial charge < -0.3 is 15.3 Å². The summed E-state index contributed by atoms with van der Waals surface area (Å²) in [5.74, 6) is -1.01. The number of phenols is 1. The summed E-state index contributed by atoms with van der Waals surface area (Å²) >= 11 is 0. The van der Waals surface area contributed by atoms with E-state index in [4.69, 9.17) is 5.11 Å². The Hall–Kier alpha value is -2.07. The number of aliphatic hydroxyl groups excluding tert-OH is 1. The van der Waals surface area contributed by atoms with Crippen molar-refractivity contribution in [2.75, 3.05) is 0 Å². The van der Waals surface area contributed by atoms with E-state index in [1.165, 1.54) is 12.1 Å². The molecule has 0 aliphatic heterocycles. The Labute approximate surface area is 106 Å². The van der Waals surface area contributed by atoms with Crippen molar-refractivity contribution in [1.82, 2.24) is 0 Å². The van der Waals surface area contributed by atoms with Crippen LogP contribution in [-0.2, 0) is 11.2 Å². The van der Waals surface area contributed by atoms with Gasteiger partial charge in [0.25, 0.3) is 0 Å². The summed E-state index contributed by atoms with van der Waals surface area (Å²) in [7, 11) is 0. The number of carboxylic acids is 1. The molecule has 3 N–H and O–H groups in total. The molecule has 0 aliphatic carbocycles. The second kappa shape index (κ2) is 6.61. The smallest absolute Gasteiger partial charge is 0.328 e. The number of phenolic OH excluding ortho intramolecular Hbond substituents is 1. The van der Waals surface area contributed by atoms with E-state index in [1.807, 2.05) is 0 Å². The van der Waals surface area contributed by atoms with Crippen molar-refractivity contribution < 1.29 is 20.1 Å².